The molecule has 0 amide bonds. The number of carbonyl (C=O) groups excluding carboxylic acids is 1. The highest BCUT2D eigenvalue weighted by atomic mass is 16.5. The van der Waals surface area contributed by atoms with Crippen molar-refractivity contribution in [2.45, 2.75) is 33.2 Å². The van der Waals surface area contributed by atoms with Crippen LogP contribution in [0.3, 0.4) is 0 Å². The molecule has 0 heterocycles. The number of rotatable bonds is 8. The molecular weight excluding hydrogens is 352 g/mol. The highest BCUT2D eigenvalue weighted by Crippen LogP contribution is 2.20. The van der Waals surface area contributed by atoms with Crippen LogP contribution < -0.4 is 9.47 Å². The molecule has 0 aliphatic carbocycles. The van der Waals surface area contributed by atoms with Crippen LogP contribution >= 0.6 is 0 Å². The lowest BCUT2D eigenvalue weighted by Gasteiger charge is -2.10. The highest BCUT2D eigenvalue weighted by molar-refractivity contribution is 5.89. The molecular formula is C24H24O4. The molecule has 0 aromatic heterocycles. The summed E-state index contributed by atoms with van der Waals surface area (Å²) in [4.78, 5) is 11.9. The third-order valence-electron chi connectivity index (χ3n) is 4.01. The Morgan fingerprint density at radius 3 is 1.71 bits per heavy atom. The lowest BCUT2D eigenvalue weighted by Crippen LogP contribution is -2.11. The van der Waals surface area contributed by atoms with Crippen molar-refractivity contribution >= 4 is 5.97 Å². The fourth-order valence-electron chi connectivity index (χ4n) is 2.56. The number of benzene rings is 3. The molecule has 0 saturated carbocycles. The summed E-state index contributed by atoms with van der Waals surface area (Å²) in [6.45, 7) is 4.62. The molecule has 0 atom stereocenters. The minimum atomic E-state index is -0.312. The Labute approximate surface area is 165 Å². The average Bonchev–Trinajstić information content (AvgIpc) is 2.72. The predicted molar refractivity (Wildman–Crippen MR) is 109 cm³/mol. The smallest absolute Gasteiger partial charge is 0.338 e. The fourth-order valence-corrected chi connectivity index (χ4v) is 2.56. The van der Waals surface area contributed by atoms with Crippen LogP contribution in [0.1, 0.15) is 35.3 Å². The Bertz CT molecular complexity index is 869. The molecule has 144 valence electrons. The van der Waals surface area contributed by atoms with E-state index in [0.29, 0.717) is 18.8 Å². The molecule has 3 rings (SSSR count). The largest absolute Gasteiger partial charge is 0.489 e. The second-order valence-corrected chi connectivity index (χ2v) is 6.69. The zero-order chi connectivity index (χ0) is 19.8. The third kappa shape index (κ3) is 5.88. The van der Waals surface area contributed by atoms with Gasteiger partial charge in [-0.15, -0.1) is 0 Å². The predicted octanol–water partition coefficient (Wildman–Crippen LogP) is 5.41. The van der Waals surface area contributed by atoms with Gasteiger partial charge >= 0.3 is 5.97 Å². The van der Waals surface area contributed by atoms with Gasteiger partial charge in [0.15, 0.2) is 0 Å². The quantitative estimate of drug-likeness (QED) is 0.493. The van der Waals surface area contributed by atoms with Gasteiger partial charge in [-0.25, -0.2) is 4.79 Å². The van der Waals surface area contributed by atoms with Crippen molar-refractivity contribution in [1.29, 1.82) is 0 Å². The minimum Gasteiger partial charge on any atom is -0.489 e. The summed E-state index contributed by atoms with van der Waals surface area (Å²) < 4.78 is 16.8. The molecule has 0 unspecified atom stereocenters. The Kier molecular flexibility index (Phi) is 6.68. The molecule has 0 bridgehead atoms. The van der Waals surface area contributed by atoms with Crippen molar-refractivity contribution in [3.63, 3.8) is 0 Å². The highest BCUT2D eigenvalue weighted by Gasteiger charge is 2.08. The molecule has 0 N–H and O–H groups in total. The van der Waals surface area contributed by atoms with Crippen molar-refractivity contribution in [3.8, 4) is 11.5 Å². The van der Waals surface area contributed by atoms with Crippen LogP contribution in [-0.2, 0) is 18.0 Å². The summed E-state index contributed by atoms with van der Waals surface area (Å²) in [6, 6.07) is 24.8. The second-order valence-electron chi connectivity index (χ2n) is 6.69. The lowest BCUT2D eigenvalue weighted by atomic mass is 10.1. The van der Waals surface area contributed by atoms with E-state index in [1.165, 1.54) is 0 Å². The van der Waals surface area contributed by atoms with Gasteiger partial charge in [0.05, 0.1) is 11.7 Å². The summed E-state index contributed by atoms with van der Waals surface area (Å²) >= 11 is 0. The van der Waals surface area contributed by atoms with Crippen LogP contribution in [0.25, 0.3) is 0 Å². The first-order valence-corrected chi connectivity index (χ1v) is 9.29. The van der Waals surface area contributed by atoms with E-state index >= 15 is 0 Å². The van der Waals surface area contributed by atoms with Gasteiger partial charge in [0.1, 0.15) is 24.7 Å². The Morgan fingerprint density at radius 2 is 1.21 bits per heavy atom. The standard InChI is InChI=1S/C24H24O4/c1-18(2)28-24(25)21-10-8-20(9-11-21)17-27-23-14-12-22(13-15-23)26-16-19-6-4-3-5-7-19/h3-15,18H,16-17H2,1-2H3. The van der Waals surface area contributed by atoms with Gasteiger partial charge in [0, 0.05) is 0 Å². The van der Waals surface area contributed by atoms with Crippen molar-refractivity contribution in [2.24, 2.45) is 0 Å². The monoisotopic (exact) mass is 376 g/mol. The number of carbonyl (C=O) groups is 1. The summed E-state index contributed by atoms with van der Waals surface area (Å²) in [5, 5.41) is 0. The molecule has 4 nitrogen and oxygen atoms in total. The van der Waals surface area contributed by atoms with Crippen molar-refractivity contribution in [2.75, 3.05) is 0 Å². The first-order chi connectivity index (χ1) is 13.6. The van der Waals surface area contributed by atoms with Crippen LogP contribution in [0, 0.1) is 0 Å². The van der Waals surface area contributed by atoms with Crippen LogP contribution in [0.5, 0.6) is 11.5 Å². The molecule has 0 aliphatic rings. The normalized spacial score (nSPS) is 10.5. The first kappa shape index (κ1) is 19.5. The molecule has 0 radical (unpaired) electrons. The zero-order valence-corrected chi connectivity index (χ0v) is 16.1. The number of esters is 1. The van der Waals surface area contributed by atoms with Crippen molar-refractivity contribution in [1.82, 2.24) is 0 Å². The van der Waals surface area contributed by atoms with Crippen LogP contribution in [0.2, 0.25) is 0 Å². The topological polar surface area (TPSA) is 44.8 Å². The maximum atomic E-state index is 11.9. The molecule has 3 aromatic rings. The number of ether oxygens (including phenoxy) is 3. The number of hydrogen-bond donors (Lipinski definition) is 0. The van der Waals surface area contributed by atoms with E-state index in [2.05, 4.69) is 0 Å². The van der Waals surface area contributed by atoms with E-state index in [4.69, 9.17) is 14.2 Å². The van der Waals surface area contributed by atoms with Crippen LogP contribution in [0.4, 0.5) is 0 Å². The molecule has 3 aromatic carbocycles. The fraction of sp³-hybridized carbons (Fsp3) is 0.208. The van der Waals surface area contributed by atoms with Crippen LogP contribution in [0.15, 0.2) is 78.9 Å². The first-order valence-electron chi connectivity index (χ1n) is 9.29. The third-order valence-corrected chi connectivity index (χ3v) is 4.01. The van der Waals surface area contributed by atoms with Crippen molar-refractivity contribution in [3.05, 3.63) is 95.6 Å². The summed E-state index contributed by atoms with van der Waals surface area (Å²) in [5.41, 5.74) is 2.64. The maximum absolute atomic E-state index is 11.9. The van der Waals surface area contributed by atoms with Gasteiger partial charge < -0.3 is 14.2 Å². The maximum Gasteiger partial charge on any atom is 0.338 e. The zero-order valence-electron chi connectivity index (χ0n) is 16.1. The summed E-state index contributed by atoms with van der Waals surface area (Å²) in [7, 11) is 0. The minimum absolute atomic E-state index is 0.129. The van der Waals surface area contributed by atoms with Gasteiger partial charge in [-0.1, -0.05) is 42.5 Å². The number of hydrogen-bond acceptors (Lipinski definition) is 4. The Balaban J connectivity index is 1.48. The molecule has 28 heavy (non-hydrogen) atoms. The van der Waals surface area contributed by atoms with Gasteiger partial charge in [0.2, 0.25) is 0 Å². The van der Waals surface area contributed by atoms with Gasteiger partial charge in [-0.3, -0.25) is 0 Å². The molecule has 0 spiro atoms. The SMILES string of the molecule is CC(C)OC(=O)c1ccc(COc2ccc(OCc3ccccc3)cc2)cc1. The van der Waals surface area contributed by atoms with E-state index in [9.17, 15) is 4.79 Å². The lowest BCUT2D eigenvalue weighted by molar-refractivity contribution is 0.0378. The summed E-state index contributed by atoms with van der Waals surface area (Å²) in [5.74, 6) is 1.24. The Morgan fingerprint density at radius 1 is 0.714 bits per heavy atom. The van der Waals surface area contributed by atoms with Crippen molar-refractivity contribution < 1.29 is 19.0 Å². The Hall–Kier alpha value is -3.27. The van der Waals surface area contributed by atoms with E-state index in [0.717, 1.165) is 22.6 Å². The van der Waals surface area contributed by atoms with E-state index in [1.807, 2.05) is 80.6 Å². The molecule has 0 aliphatic heterocycles. The van der Waals surface area contributed by atoms with Crippen LogP contribution in [-0.4, -0.2) is 12.1 Å². The molecule has 4 heteroatoms. The van der Waals surface area contributed by atoms with E-state index in [1.54, 1.807) is 12.1 Å². The molecule has 0 fully saturated rings. The van der Waals surface area contributed by atoms with Gasteiger partial charge in [-0.2, -0.15) is 0 Å². The van der Waals surface area contributed by atoms with Gasteiger partial charge in [-0.05, 0) is 61.4 Å². The molecule has 0 saturated heterocycles. The second kappa shape index (κ2) is 9.60. The van der Waals surface area contributed by atoms with Gasteiger partial charge in [0.25, 0.3) is 0 Å². The average molecular weight is 376 g/mol. The van der Waals surface area contributed by atoms with E-state index < -0.39 is 0 Å². The van der Waals surface area contributed by atoms with E-state index in [-0.39, 0.29) is 12.1 Å². The summed E-state index contributed by atoms with van der Waals surface area (Å²) in [6.07, 6.45) is -0.129.